The maximum absolute atomic E-state index is 12.7. The zero-order chi connectivity index (χ0) is 21.0. The number of urea groups is 1. The molecule has 7 nitrogen and oxygen atoms in total. The second kappa shape index (κ2) is 8.74. The number of nitrogens with one attached hydrogen (secondary N) is 3. The number of anilines is 3. The summed E-state index contributed by atoms with van der Waals surface area (Å²) in [6.07, 6.45) is 0. The maximum Gasteiger partial charge on any atom is 0.325 e. The number of aromatic nitrogens is 1. The number of rotatable bonds is 5. The second-order valence-electron chi connectivity index (χ2n) is 6.54. The topological polar surface area (TPSA) is 92.4 Å². The minimum Gasteiger partial charge on any atom is -0.495 e. The monoisotopic (exact) mass is 410 g/mol. The number of carbonyl (C=O) groups is 2. The lowest BCUT2D eigenvalue weighted by molar-refractivity contribution is 0.102. The average Bonchev–Trinajstić information content (AvgIpc) is 3.03. The summed E-state index contributed by atoms with van der Waals surface area (Å²) < 4.78 is 5.32. The number of benzene rings is 2. The standard InChI is InChI=1S/C21H22N4O3S/c1-12-6-5-7-15(10-12)23-20(27)25-21-22-14(3)18(29-21)19(26)24-16-9-8-13(2)11-17(16)28-4/h5-11H,1-4H3,(H,24,26)(H2,22,23,25,27). The van der Waals surface area contributed by atoms with Crippen LogP contribution in [0.25, 0.3) is 0 Å². The first-order valence-electron chi connectivity index (χ1n) is 8.94. The summed E-state index contributed by atoms with van der Waals surface area (Å²) >= 11 is 1.11. The minimum absolute atomic E-state index is 0.311. The van der Waals surface area contributed by atoms with Gasteiger partial charge in [0.2, 0.25) is 0 Å². The Morgan fingerprint density at radius 2 is 1.72 bits per heavy atom. The van der Waals surface area contributed by atoms with Crippen LogP contribution in [0.1, 0.15) is 26.5 Å². The van der Waals surface area contributed by atoms with Crippen LogP contribution in [0.4, 0.5) is 21.3 Å². The van der Waals surface area contributed by atoms with E-state index >= 15 is 0 Å². The lowest BCUT2D eigenvalue weighted by Gasteiger charge is -2.10. The largest absolute Gasteiger partial charge is 0.495 e. The van der Waals surface area contributed by atoms with Crippen molar-refractivity contribution in [1.29, 1.82) is 0 Å². The molecule has 0 atom stereocenters. The Bertz CT molecular complexity index is 1060. The van der Waals surface area contributed by atoms with Crippen LogP contribution in [0, 0.1) is 20.8 Å². The van der Waals surface area contributed by atoms with Crippen molar-refractivity contribution < 1.29 is 14.3 Å². The lowest BCUT2D eigenvalue weighted by atomic mass is 10.2. The molecule has 1 heterocycles. The van der Waals surface area contributed by atoms with Crippen molar-refractivity contribution in [3.8, 4) is 5.75 Å². The fraction of sp³-hybridized carbons (Fsp3) is 0.190. The molecular weight excluding hydrogens is 388 g/mol. The van der Waals surface area contributed by atoms with E-state index in [9.17, 15) is 9.59 Å². The third-order valence-corrected chi connectivity index (χ3v) is 5.18. The van der Waals surface area contributed by atoms with E-state index in [2.05, 4.69) is 20.9 Å². The molecule has 2 aromatic carbocycles. The van der Waals surface area contributed by atoms with Crippen LogP contribution in [-0.4, -0.2) is 24.0 Å². The fourth-order valence-corrected chi connectivity index (χ4v) is 3.58. The molecule has 3 amide bonds. The van der Waals surface area contributed by atoms with Gasteiger partial charge < -0.3 is 15.4 Å². The van der Waals surface area contributed by atoms with Gasteiger partial charge in [0.25, 0.3) is 5.91 Å². The van der Waals surface area contributed by atoms with Crippen LogP contribution >= 0.6 is 11.3 Å². The molecule has 3 N–H and O–H groups in total. The second-order valence-corrected chi connectivity index (χ2v) is 7.54. The first-order chi connectivity index (χ1) is 13.9. The number of carbonyl (C=O) groups excluding carboxylic acids is 2. The number of nitrogens with zero attached hydrogens (tertiary/aromatic N) is 1. The zero-order valence-corrected chi connectivity index (χ0v) is 17.4. The number of hydrogen-bond acceptors (Lipinski definition) is 5. The summed E-state index contributed by atoms with van der Waals surface area (Å²) in [5, 5.41) is 8.60. The number of thiazole rings is 1. The van der Waals surface area contributed by atoms with Crippen LogP contribution in [-0.2, 0) is 0 Å². The van der Waals surface area contributed by atoms with Crippen LogP contribution in [0.2, 0.25) is 0 Å². The maximum atomic E-state index is 12.7. The van der Waals surface area contributed by atoms with Crippen molar-refractivity contribution in [2.75, 3.05) is 23.1 Å². The van der Waals surface area contributed by atoms with E-state index in [1.165, 1.54) is 0 Å². The summed E-state index contributed by atoms with van der Waals surface area (Å²) in [7, 11) is 1.55. The van der Waals surface area contributed by atoms with E-state index in [1.54, 1.807) is 26.2 Å². The highest BCUT2D eigenvalue weighted by Gasteiger charge is 2.18. The van der Waals surface area contributed by atoms with E-state index in [1.807, 2.05) is 44.2 Å². The molecule has 150 valence electrons. The number of amides is 3. The molecule has 0 saturated heterocycles. The molecule has 0 aliphatic carbocycles. The minimum atomic E-state index is -0.420. The molecule has 0 bridgehead atoms. The number of methoxy groups -OCH3 is 1. The summed E-state index contributed by atoms with van der Waals surface area (Å²) in [6, 6.07) is 12.6. The molecule has 8 heteroatoms. The van der Waals surface area contributed by atoms with Gasteiger partial charge in [0, 0.05) is 5.69 Å². The smallest absolute Gasteiger partial charge is 0.325 e. The van der Waals surface area contributed by atoms with Gasteiger partial charge in [-0.05, 0) is 56.2 Å². The summed E-state index contributed by atoms with van der Waals surface area (Å²) in [4.78, 5) is 29.6. The van der Waals surface area contributed by atoms with Gasteiger partial charge in [-0.3, -0.25) is 10.1 Å². The van der Waals surface area contributed by atoms with Gasteiger partial charge in [-0.1, -0.05) is 29.5 Å². The molecule has 3 rings (SSSR count). The van der Waals surface area contributed by atoms with Crippen molar-refractivity contribution in [3.05, 3.63) is 64.2 Å². The van der Waals surface area contributed by atoms with Crippen LogP contribution in [0.15, 0.2) is 42.5 Å². The van der Waals surface area contributed by atoms with Gasteiger partial charge in [0.1, 0.15) is 10.6 Å². The highest BCUT2D eigenvalue weighted by molar-refractivity contribution is 7.17. The van der Waals surface area contributed by atoms with Crippen molar-refractivity contribution in [2.45, 2.75) is 20.8 Å². The Labute approximate surface area is 173 Å². The van der Waals surface area contributed by atoms with E-state index in [-0.39, 0.29) is 5.91 Å². The van der Waals surface area contributed by atoms with Gasteiger partial charge in [-0.2, -0.15) is 0 Å². The molecule has 0 fully saturated rings. The van der Waals surface area contributed by atoms with Gasteiger partial charge >= 0.3 is 6.03 Å². The third-order valence-electron chi connectivity index (χ3n) is 4.10. The Kier molecular flexibility index (Phi) is 6.13. The van der Waals surface area contributed by atoms with Crippen LogP contribution in [0.3, 0.4) is 0 Å². The molecule has 0 saturated carbocycles. The molecule has 0 aliphatic rings. The van der Waals surface area contributed by atoms with E-state index in [0.717, 1.165) is 22.5 Å². The summed E-state index contributed by atoms with van der Waals surface area (Å²) in [6.45, 7) is 5.61. The summed E-state index contributed by atoms with van der Waals surface area (Å²) in [5.41, 5.74) is 3.85. The normalized spacial score (nSPS) is 10.3. The van der Waals surface area contributed by atoms with E-state index in [4.69, 9.17) is 4.74 Å². The molecule has 0 unspecified atom stereocenters. The van der Waals surface area contributed by atoms with Gasteiger partial charge in [0.05, 0.1) is 18.5 Å². The SMILES string of the molecule is COc1cc(C)ccc1NC(=O)c1sc(NC(=O)Nc2cccc(C)c2)nc1C. The van der Waals surface area contributed by atoms with Crippen molar-refractivity contribution in [3.63, 3.8) is 0 Å². The van der Waals surface area contributed by atoms with Gasteiger partial charge in [0.15, 0.2) is 5.13 Å². The Morgan fingerprint density at radius 3 is 2.45 bits per heavy atom. The predicted octanol–water partition coefficient (Wildman–Crippen LogP) is 4.97. The molecular formula is C21H22N4O3S. The van der Waals surface area contributed by atoms with Gasteiger partial charge in [-0.15, -0.1) is 0 Å². The Hall–Kier alpha value is -3.39. The number of hydrogen-bond donors (Lipinski definition) is 3. The molecule has 0 spiro atoms. The highest BCUT2D eigenvalue weighted by atomic mass is 32.1. The summed E-state index contributed by atoms with van der Waals surface area (Å²) in [5.74, 6) is 0.269. The third kappa shape index (κ3) is 5.11. The van der Waals surface area contributed by atoms with Crippen LogP contribution < -0.4 is 20.7 Å². The molecule has 3 aromatic rings. The van der Waals surface area contributed by atoms with Crippen molar-refractivity contribution >= 4 is 39.8 Å². The van der Waals surface area contributed by atoms with Gasteiger partial charge in [-0.25, -0.2) is 9.78 Å². The predicted molar refractivity (Wildman–Crippen MR) is 116 cm³/mol. The van der Waals surface area contributed by atoms with E-state index < -0.39 is 6.03 Å². The zero-order valence-electron chi connectivity index (χ0n) is 16.6. The Balaban J connectivity index is 1.69. The van der Waals surface area contributed by atoms with E-state index in [0.29, 0.717) is 32.8 Å². The van der Waals surface area contributed by atoms with Crippen molar-refractivity contribution in [1.82, 2.24) is 4.98 Å². The Morgan fingerprint density at radius 1 is 0.966 bits per heavy atom. The van der Waals surface area contributed by atoms with Crippen molar-refractivity contribution in [2.24, 2.45) is 0 Å². The fourth-order valence-electron chi connectivity index (χ4n) is 2.72. The lowest BCUT2D eigenvalue weighted by Crippen LogP contribution is -2.19. The quantitative estimate of drug-likeness (QED) is 0.553. The molecule has 0 radical (unpaired) electrons. The average molecular weight is 410 g/mol. The van der Waals surface area contributed by atoms with Crippen LogP contribution in [0.5, 0.6) is 5.75 Å². The number of ether oxygens (including phenoxy) is 1. The molecule has 29 heavy (non-hydrogen) atoms. The highest BCUT2D eigenvalue weighted by Crippen LogP contribution is 2.28. The molecule has 1 aromatic heterocycles. The first-order valence-corrected chi connectivity index (χ1v) is 9.75. The first kappa shape index (κ1) is 20.3. The molecule has 0 aliphatic heterocycles. The number of aryl methyl sites for hydroxylation is 3.